The summed E-state index contributed by atoms with van der Waals surface area (Å²) in [6.07, 6.45) is 0. The van der Waals surface area contributed by atoms with Crippen LogP contribution in [0.1, 0.15) is 22.8 Å². The molecule has 0 N–H and O–H groups in total. The molecular weight excluding hydrogens is 276 g/mol. The third kappa shape index (κ3) is 2.93. The SMILES string of the molecule is COc1cc(C(c2ccccc2)c2ccccc2)oc(=O)c1. The van der Waals surface area contributed by atoms with Crippen molar-refractivity contribution in [3.05, 3.63) is 100 Å². The fourth-order valence-corrected chi connectivity index (χ4v) is 2.55. The summed E-state index contributed by atoms with van der Waals surface area (Å²) in [6, 6.07) is 23.0. The molecule has 0 aliphatic rings. The summed E-state index contributed by atoms with van der Waals surface area (Å²) in [4.78, 5) is 11.8. The van der Waals surface area contributed by atoms with Crippen molar-refractivity contribution in [1.29, 1.82) is 0 Å². The molecule has 2 aromatic carbocycles. The van der Waals surface area contributed by atoms with Crippen molar-refractivity contribution in [2.45, 2.75) is 5.92 Å². The summed E-state index contributed by atoms with van der Waals surface area (Å²) in [7, 11) is 1.54. The van der Waals surface area contributed by atoms with E-state index < -0.39 is 5.63 Å². The number of hydrogen-bond donors (Lipinski definition) is 0. The Hall–Kier alpha value is -2.81. The molecule has 0 fully saturated rings. The van der Waals surface area contributed by atoms with Gasteiger partial charge in [0.25, 0.3) is 0 Å². The van der Waals surface area contributed by atoms with Crippen molar-refractivity contribution in [1.82, 2.24) is 0 Å². The van der Waals surface area contributed by atoms with Gasteiger partial charge in [0.2, 0.25) is 0 Å². The van der Waals surface area contributed by atoms with Gasteiger partial charge >= 0.3 is 5.63 Å². The fraction of sp³-hybridized carbons (Fsp3) is 0.105. The van der Waals surface area contributed by atoms with Crippen molar-refractivity contribution in [3.8, 4) is 5.75 Å². The topological polar surface area (TPSA) is 39.4 Å². The predicted octanol–water partition coefficient (Wildman–Crippen LogP) is 3.83. The largest absolute Gasteiger partial charge is 0.496 e. The Balaban J connectivity index is 2.18. The lowest BCUT2D eigenvalue weighted by molar-refractivity contribution is 0.390. The molecule has 1 heterocycles. The standard InChI is InChI=1S/C19H16O3/c1-21-16-12-17(22-18(20)13-16)19(14-8-4-2-5-9-14)15-10-6-3-7-11-15/h2-13,19H,1H3. The molecule has 0 bridgehead atoms. The summed E-state index contributed by atoms with van der Waals surface area (Å²) >= 11 is 0. The summed E-state index contributed by atoms with van der Waals surface area (Å²) in [5.74, 6) is 0.926. The van der Waals surface area contributed by atoms with Crippen LogP contribution in [-0.4, -0.2) is 7.11 Å². The lowest BCUT2D eigenvalue weighted by atomic mass is 9.89. The molecular formula is C19H16O3. The Morgan fingerprint density at radius 3 is 1.91 bits per heavy atom. The molecule has 0 amide bonds. The summed E-state index contributed by atoms with van der Waals surface area (Å²) in [5, 5.41) is 0. The molecule has 22 heavy (non-hydrogen) atoms. The molecule has 0 saturated heterocycles. The van der Waals surface area contributed by atoms with Crippen LogP contribution < -0.4 is 10.4 Å². The third-order valence-corrected chi connectivity index (χ3v) is 3.55. The van der Waals surface area contributed by atoms with E-state index in [0.29, 0.717) is 11.5 Å². The van der Waals surface area contributed by atoms with Crippen LogP contribution >= 0.6 is 0 Å². The molecule has 0 aliphatic carbocycles. The highest BCUT2D eigenvalue weighted by Crippen LogP contribution is 2.32. The second kappa shape index (κ2) is 6.31. The molecule has 3 rings (SSSR count). The molecule has 0 saturated carbocycles. The molecule has 3 aromatic rings. The average molecular weight is 292 g/mol. The number of methoxy groups -OCH3 is 1. The first-order valence-electron chi connectivity index (χ1n) is 7.07. The van der Waals surface area contributed by atoms with Crippen molar-refractivity contribution in [3.63, 3.8) is 0 Å². The summed E-state index contributed by atoms with van der Waals surface area (Å²) in [5.41, 5.74) is 1.71. The van der Waals surface area contributed by atoms with Crippen molar-refractivity contribution < 1.29 is 9.15 Å². The van der Waals surface area contributed by atoms with Gasteiger partial charge in [-0.1, -0.05) is 60.7 Å². The Morgan fingerprint density at radius 2 is 1.41 bits per heavy atom. The van der Waals surface area contributed by atoms with Crippen LogP contribution in [0.3, 0.4) is 0 Å². The van der Waals surface area contributed by atoms with Gasteiger partial charge in [-0.3, -0.25) is 0 Å². The van der Waals surface area contributed by atoms with E-state index in [4.69, 9.17) is 9.15 Å². The maximum Gasteiger partial charge on any atom is 0.339 e. The van der Waals surface area contributed by atoms with Crippen LogP contribution in [0, 0.1) is 0 Å². The monoisotopic (exact) mass is 292 g/mol. The predicted molar refractivity (Wildman–Crippen MR) is 85.4 cm³/mol. The van der Waals surface area contributed by atoms with Crippen molar-refractivity contribution >= 4 is 0 Å². The van der Waals surface area contributed by atoms with Gasteiger partial charge in [-0.05, 0) is 11.1 Å². The van der Waals surface area contributed by atoms with Crippen LogP contribution in [0.5, 0.6) is 5.75 Å². The molecule has 0 unspecified atom stereocenters. The maximum atomic E-state index is 11.8. The Labute approximate surface area is 128 Å². The highest BCUT2D eigenvalue weighted by Gasteiger charge is 2.20. The summed E-state index contributed by atoms with van der Waals surface area (Å²) < 4.78 is 10.7. The average Bonchev–Trinajstić information content (AvgIpc) is 2.56. The first-order chi connectivity index (χ1) is 10.8. The Morgan fingerprint density at radius 1 is 0.864 bits per heavy atom. The quantitative estimate of drug-likeness (QED) is 0.733. The minimum absolute atomic E-state index is 0.148. The highest BCUT2D eigenvalue weighted by molar-refractivity contribution is 5.40. The van der Waals surface area contributed by atoms with Crippen molar-refractivity contribution in [2.75, 3.05) is 7.11 Å². The van der Waals surface area contributed by atoms with Gasteiger partial charge in [-0.25, -0.2) is 4.79 Å². The van der Waals surface area contributed by atoms with Crippen LogP contribution in [0.25, 0.3) is 0 Å². The zero-order chi connectivity index (χ0) is 15.4. The van der Waals surface area contributed by atoms with Gasteiger partial charge in [-0.2, -0.15) is 0 Å². The zero-order valence-corrected chi connectivity index (χ0v) is 12.2. The molecule has 3 nitrogen and oxygen atoms in total. The zero-order valence-electron chi connectivity index (χ0n) is 12.2. The summed E-state index contributed by atoms with van der Waals surface area (Å²) in [6.45, 7) is 0. The number of benzene rings is 2. The second-order valence-corrected chi connectivity index (χ2v) is 4.97. The van der Waals surface area contributed by atoms with E-state index in [0.717, 1.165) is 11.1 Å². The van der Waals surface area contributed by atoms with Gasteiger partial charge in [0, 0.05) is 6.07 Å². The maximum absolute atomic E-state index is 11.8. The van der Waals surface area contributed by atoms with E-state index in [9.17, 15) is 4.79 Å². The first kappa shape index (κ1) is 14.1. The molecule has 3 heteroatoms. The van der Waals surface area contributed by atoms with E-state index in [1.165, 1.54) is 6.07 Å². The third-order valence-electron chi connectivity index (χ3n) is 3.55. The normalized spacial score (nSPS) is 10.6. The van der Waals surface area contributed by atoms with E-state index in [1.54, 1.807) is 13.2 Å². The Bertz CT molecular complexity index is 752. The van der Waals surface area contributed by atoms with Crippen molar-refractivity contribution in [2.24, 2.45) is 0 Å². The minimum atomic E-state index is -0.411. The van der Waals surface area contributed by atoms with Crippen LogP contribution in [-0.2, 0) is 0 Å². The van der Waals surface area contributed by atoms with Crippen LogP contribution in [0.15, 0.2) is 82.0 Å². The lowest BCUT2D eigenvalue weighted by Crippen LogP contribution is -2.08. The minimum Gasteiger partial charge on any atom is -0.496 e. The lowest BCUT2D eigenvalue weighted by Gasteiger charge is -2.17. The van der Waals surface area contributed by atoms with Gasteiger partial charge in [0.1, 0.15) is 11.5 Å². The fourth-order valence-electron chi connectivity index (χ4n) is 2.55. The van der Waals surface area contributed by atoms with E-state index in [1.807, 2.05) is 60.7 Å². The number of rotatable bonds is 4. The van der Waals surface area contributed by atoms with E-state index in [2.05, 4.69) is 0 Å². The molecule has 0 aliphatic heterocycles. The highest BCUT2D eigenvalue weighted by atomic mass is 16.5. The van der Waals surface area contributed by atoms with Crippen LogP contribution in [0.4, 0.5) is 0 Å². The smallest absolute Gasteiger partial charge is 0.339 e. The van der Waals surface area contributed by atoms with Gasteiger partial charge in [0.15, 0.2) is 0 Å². The molecule has 110 valence electrons. The number of hydrogen-bond acceptors (Lipinski definition) is 3. The van der Waals surface area contributed by atoms with E-state index >= 15 is 0 Å². The van der Waals surface area contributed by atoms with Crippen LogP contribution in [0.2, 0.25) is 0 Å². The number of ether oxygens (including phenoxy) is 1. The molecule has 0 spiro atoms. The van der Waals surface area contributed by atoms with Gasteiger partial charge < -0.3 is 9.15 Å². The molecule has 0 atom stereocenters. The molecule has 1 aromatic heterocycles. The second-order valence-electron chi connectivity index (χ2n) is 4.97. The molecule has 0 radical (unpaired) electrons. The Kier molecular flexibility index (Phi) is 4.05. The van der Waals surface area contributed by atoms with Gasteiger partial charge in [-0.15, -0.1) is 0 Å². The van der Waals surface area contributed by atoms with Gasteiger partial charge in [0.05, 0.1) is 19.1 Å². The first-order valence-corrected chi connectivity index (χ1v) is 7.07. The van der Waals surface area contributed by atoms with E-state index in [-0.39, 0.29) is 5.92 Å².